The Morgan fingerprint density at radius 3 is 2.71 bits per heavy atom. The lowest BCUT2D eigenvalue weighted by Crippen LogP contribution is -2.42. The molecule has 0 aromatic heterocycles. The molecule has 1 saturated heterocycles. The summed E-state index contributed by atoms with van der Waals surface area (Å²) < 4.78 is 7.48. The Hall–Kier alpha value is 0.690. The van der Waals surface area contributed by atoms with Gasteiger partial charge in [-0.05, 0) is 37.5 Å². The second-order valence-electron chi connectivity index (χ2n) is 5.29. The molecule has 2 rings (SSSR count). The molecule has 4 unspecified atom stereocenters. The highest BCUT2D eigenvalue weighted by Gasteiger charge is 2.46. The van der Waals surface area contributed by atoms with Gasteiger partial charge in [0.15, 0.2) is 0 Å². The summed E-state index contributed by atoms with van der Waals surface area (Å²) in [6.45, 7) is 4.77. The van der Waals surface area contributed by atoms with E-state index in [1.165, 1.54) is 36.5 Å². The number of hydrogen-bond acceptors (Lipinski definition) is 1. The van der Waals surface area contributed by atoms with Gasteiger partial charge in [0.1, 0.15) is 0 Å². The molecule has 82 valence electrons. The lowest BCUT2D eigenvalue weighted by molar-refractivity contribution is -0.0989. The van der Waals surface area contributed by atoms with Gasteiger partial charge in [0.05, 0.1) is 11.7 Å². The molecule has 1 nitrogen and oxygen atoms in total. The first-order valence-electron chi connectivity index (χ1n) is 5.90. The van der Waals surface area contributed by atoms with E-state index in [1.807, 2.05) is 0 Å². The summed E-state index contributed by atoms with van der Waals surface area (Å²) in [4.78, 5) is 0. The third-order valence-electron chi connectivity index (χ3n) is 4.15. The van der Waals surface area contributed by atoms with E-state index in [9.17, 15) is 0 Å². The summed E-state index contributed by atoms with van der Waals surface area (Å²) in [5, 5.41) is 0. The summed E-state index contributed by atoms with van der Waals surface area (Å²) in [6.07, 6.45) is 7.23. The second kappa shape index (κ2) is 4.28. The predicted octanol–water partition coefficient (Wildman–Crippen LogP) is 3.80. The third kappa shape index (κ3) is 1.97. The van der Waals surface area contributed by atoms with Crippen LogP contribution in [0.25, 0.3) is 0 Å². The molecule has 1 spiro atoms. The highest BCUT2D eigenvalue weighted by Crippen LogP contribution is 2.47. The van der Waals surface area contributed by atoms with Crippen molar-refractivity contribution in [1.82, 2.24) is 0 Å². The number of halogens is 1. The largest absolute Gasteiger partial charge is 0.371 e. The fourth-order valence-corrected chi connectivity index (χ4v) is 3.79. The highest BCUT2D eigenvalue weighted by molar-refractivity contribution is 14.1. The van der Waals surface area contributed by atoms with Crippen molar-refractivity contribution in [2.45, 2.75) is 57.7 Å². The molecule has 2 heteroatoms. The van der Waals surface area contributed by atoms with Crippen LogP contribution in [0.4, 0.5) is 0 Å². The molecular weight excluding hydrogens is 287 g/mol. The van der Waals surface area contributed by atoms with Crippen LogP contribution in [0.2, 0.25) is 0 Å². The van der Waals surface area contributed by atoms with Gasteiger partial charge >= 0.3 is 0 Å². The average molecular weight is 308 g/mol. The van der Waals surface area contributed by atoms with Gasteiger partial charge in [-0.25, -0.2) is 0 Å². The average Bonchev–Trinajstić information content (AvgIpc) is 2.57. The molecule has 2 aliphatic rings. The first-order chi connectivity index (χ1) is 6.66. The smallest absolute Gasteiger partial charge is 0.0715 e. The Labute approximate surface area is 101 Å². The lowest BCUT2D eigenvalue weighted by atomic mass is 9.71. The molecule has 0 aromatic carbocycles. The monoisotopic (exact) mass is 308 g/mol. The zero-order chi connectivity index (χ0) is 10.2. The van der Waals surface area contributed by atoms with Gasteiger partial charge in [-0.3, -0.25) is 0 Å². The van der Waals surface area contributed by atoms with Gasteiger partial charge in [-0.1, -0.05) is 42.9 Å². The van der Waals surface area contributed by atoms with Gasteiger partial charge in [-0.15, -0.1) is 0 Å². The number of rotatable bonds is 1. The van der Waals surface area contributed by atoms with Crippen LogP contribution in [-0.2, 0) is 4.74 Å². The van der Waals surface area contributed by atoms with Crippen LogP contribution >= 0.6 is 22.6 Å². The minimum atomic E-state index is 0.271. The first-order valence-corrected chi connectivity index (χ1v) is 7.42. The number of ether oxygens (including phenoxy) is 1. The highest BCUT2D eigenvalue weighted by atomic mass is 127. The van der Waals surface area contributed by atoms with Crippen molar-refractivity contribution in [2.24, 2.45) is 11.8 Å². The molecule has 0 bridgehead atoms. The van der Waals surface area contributed by atoms with E-state index in [0.29, 0.717) is 6.10 Å². The standard InChI is InChI=1S/C12H21IO/c1-9-3-4-10(2)12(7-9)6-5-11(8-13)14-12/h9-11H,3-8H2,1-2H3. The molecule has 1 aliphatic carbocycles. The van der Waals surface area contributed by atoms with Gasteiger partial charge in [0, 0.05) is 4.43 Å². The SMILES string of the molecule is CC1CCC(C)C2(CCC(CI)O2)C1. The van der Waals surface area contributed by atoms with Crippen LogP contribution in [0.1, 0.15) is 46.0 Å². The van der Waals surface area contributed by atoms with Crippen LogP contribution < -0.4 is 0 Å². The normalized spacial score (nSPS) is 48.6. The maximum absolute atomic E-state index is 6.31. The molecule has 4 atom stereocenters. The fraction of sp³-hybridized carbons (Fsp3) is 1.00. The summed E-state index contributed by atoms with van der Waals surface area (Å²) in [7, 11) is 0. The predicted molar refractivity (Wildman–Crippen MR) is 67.9 cm³/mol. The lowest BCUT2D eigenvalue weighted by Gasteiger charge is -2.42. The molecular formula is C12H21IO. The van der Waals surface area contributed by atoms with E-state index in [1.54, 1.807) is 0 Å². The van der Waals surface area contributed by atoms with E-state index in [-0.39, 0.29) is 5.60 Å². The fourth-order valence-electron chi connectivity index (χ4n) is 3.17. The summed E-state index contributed by atoms with van der Waals surface area (Å²) in [6, 6.07) is 0. The molecule has 14 heavy (non-hydrogen) atoms. The second-order valence-corrected chi connectivity index (χ2v) is 6.17. The van der Waals surface area contributed by atoms with Crippen molar-refractivity contribution in [1.29, 1.82) is 0 Å². The van der Waals surface area contributed by atoms with Crippen molar-refractivity contribution < 1.29 is 4.74 Å². The maximum atomic E-state index is 6.31. The van der Waals surface area contributed by atoms with Crippen LogP contribution in [0, 0.1) is 11.8 Å². The van der Waals surface area contributed by atoms with Crippen LogP contribution in [0.5, 0.6) is 0 Å². The van der Waals surface area contributed by atoms with E-state index in [0.717, 1.165) is 11.8 Å². The van der Waals surface area contributed by atoms with Crippen molar-refractivity contribution in [3.63, 3.8) is 0 Å². The van der Waals surface area contributed by atoms with Gasteiger partial charge < -0.3 is 4.74 Å². The first kappa shape index (κ1) is 11.2. The molecule has 2 fully saturated rings. The van der Waals surface area contributed by atoms with Crippen molar-refractivity contribution in [3.05, 3.63) is 0 Å². The van der Waals surface area contributed by atoms with Crippen LogP contribution in [-0.4, -0.2) is 16.1 Å². The summed E-state index contributed by atoms with van der Waals surface area (Å²) in [5.74, 6) is 1.66. The Morgan fingerprint density at radius 2 is 2.07 bits per heavy atom. The van der Waals surface area contributed by atoms with Crippen molar-refractivity contribution in [3.8, 4) is 0 Å². The molecule has 0 N–H and O–H groups in total. The molecule has 0 aromatic rings. The van der Waals surface area contributed by atoms with E-state index >= 15 is 0 Å². The minimum Gasteiger partial charge on any atom is -0.371 e. The van der Waals surface area contributed by atoms with Crippen LogP contribution in [0.15, 0.2) is 0 Å². The Balaban J connectivity index is 2.06. The zero-order valence-electron chi connectivity index (χ0n) is 9.26. The molecule has 0 amide bonds. The quantitative estimate of drug-likeness (QED) is 0.529. The molecule has 0 radical (unpaired) electrons. The van der Waals surface area contributed by atoms with Gasteiger partial charge in [0.25, 0.3) is 0 Å². The number of hydrogen-bond donors (Lipinski definition) is 0. The molecule has 1 aliphatic heterocycles. The summed E-state index contributed by atoms with van der Waals surface area (Å²) in [5.41, 5.74) is 0.271. The van der Waals surface area contributed by atoms with Gasteiger partial charge in [0.2, 0.25) is 0 Å². The molecule has 1 heterocycles. The van der Waals surface area contributed by atoms with E-state index < -0.39 is 0 Å². The van der Waals surface area contributed by atoms with E-state index in [4.69, 9.17) is 4.74 Å². The number of alkyl halides is 1. The zero-order valence-corrected chi connectivity index (χ0v) is 11.4. The van der Waals surface area contributed by atoms with Crippen molar-refractivity contribution >= 4 is 22.6 Å². The minimum absolute atomic E-state index is 0.271. The van der Waals surface area contributed by atoms with Crippen molar-refractivity contribution in [2.75, 3.05) is 4.43 Å². The molecule has 1 saturated carbocycles. The van der Waals surface area contributed by atoms with E-state index in [2.05, 4.69) is 36.4 Å². The van der Waals surface area contributed by atoms with Gasteiger partial charge in [-0.2, -0.15) is 0 Å². The Bertz CT molecular complexity index is 206. The Kier molecular flexibility index (Phi) is 3.42. The summed E-state index contributed by atoms with van der Waals surface area (Å²) >= 11 is 2.46. The third-order valence-corrected chi connectivity index (χ3v) is 5.13. The topological polar surface area (TPSA) is 9.23 Å². The maximum Gasteiger partial charge on any atom is 0.0715 e. The van der Waals surface area contributed by atoms with Crippen LogP contribution in [0.3, 0.4) is 0 Å². The Morgan fingerprint density at radius 1 is 1.29 bits per heavy atom.